The molecule has 2 amide bonds. The van der Waals surface area contributed by atoms with Gasteiger partial charge in [0.15, 0.2) is 6.61 Å². The van der Waals surface area contributed by atoms with Gasteiger partial charge in [-0.3, -0.25) is 9.59 Å². The minimum absolute atomic E-state index is 0.0497. The molecule has 0 heterocycles. The van der Waals surface area contributed by atoms with E-state index in [2.05, 4.69) is 35.1 Å². The smallest absolute Gasteiger partial charge is 0.261 e. The fourth-order valence-electron chi connectivity index (χ4n) is 3.55. The molecular weight excluding hydrogens is 480 g/mol. The van der Waals surface area contributed by atoms with Crippen molar-refractivity contribution in [1.29, 1.82) is 0 Å². The molecule has 180 valence electrons. The molecule has 0 saturated heterocycles. The van der Waals surface area contributed by atoms with Gasteiger partial charge in [0, 0.05) is 12.6 Å². The van der Waals surface area contributed by atoms with Crippen molar-refractivity contribution in [2.45, 2.75) is 78.9 Å². The molecule has 0 aromatic heterocycles. The number of carbonyl (C=O) groups excluding carboxylic acids is 2. The number of ether oxygens (including phenoxy) is 1. The molecule has 0 bridgehead atoms. The minimum atomic E-state index is -0.568. The minimum Gasteiger partial charge on any atom is -0.483 e. The van der Waals surface area contributed by atoms with Crippen molar-refractivity contribution in [2.75, 3.05) is 6.61 Å². The van der Waals surface area contributed by atoms with E-state index in [1.807, 2.05) is 70.2 Å². The number of nitrogens with zero attached hydrogens (tertiary/aromatic N) is 1. The number of aryl methyl sites for hydroxylation is 1. The van der Waals surface area contributed by atoms with Crippen molar-refractivity contribution < 1.29 is 14.3 Å². The first-order valence-corrected chi connectivity index (χ1v) is 12.5. The average Bonchev–Trinajstić information content (AvgIpc) is 2.78. The highest BCUT2D eigenvalue weighted by Gasteiger charge is 2.30. The van der Waals surface area contributed by atoms with Crippen LogP contribution in [0, 0.1) is 6.92 Å². The molecule has 0 aliphatic heterocycles. The normalized spacial score (nSPS) is 12.8. The Hall–Kier alpha value is -2.34. The Kier molecular flexibility index (Phi) is 10.4. The summed E-state index contributed by atoms with van der Waals surface area (Å²) in [5, 5.41) is 3.03. The highest BCUT2D eigenvalue weighted by atomic mass is 79.9. The first-order valence-electron chi connectivity index (χ1n) is 11.7. The number of carbonyl (C=O) groups is 2. The summed E-state index contributed by atoms with van der Waals surface area (Å²) < 4.78 is 6.70. The molecule has 6 heteroatoms. The van der Waals surface area contributed by atoms with E-state index in [0.717, 1.165) is 22.0 Å². The van der Waals surface area contributed by atoms with Gasteiger partial charge in [-0.1, -0.05) is 58.0 Å². The molecule has 2 aromatic carbocycles. The van der Waals surface area contributed by atoms with E-state index >= 15 is 0 Å². The molecular formula is C27H37BrN2O3. The van der Waals surface area contributed by atoms with Gasteiger partial charge in [-0.05, 0) is 77.4 Å². The highest BCUT2D eigenvalue weighted by molar-refractivity contribution is 9.10. The van der Waals surface area contributed by atoms with Gasteiger partial charge in [-0.2, -0.15) is 0 Å². The Labute approximate surface area is 207 Å². The molecule has 5 nitrogen and oxygen atoms in total. The number of amides is 2. The second kappa shape index (κ2) is 12.8. The third-order valence-corrected chi connectivity index (χ3v) is 6.58. The van der Waals surface area contributed by atoms with Crippen molar-refractivity contribution in [2.24, 2.45) is 0 Å². The van der Waals surface area contributed by atoms with Crippen LogP contribution in [0.15, 0.2) is 46.9 Å². The predicted octanol–water partition coefficient (Wildman–Crippen LogP) is 5.98. The molecule has 2 atom stereocenters. The molecule has 0 saturated carbocycles. The van der Waals surface area contributed by atoms with Gasteiger partial charge in [0.05, 0.1) is 4.47 Å². The Morgan fingerprint density at radius 1 is 1.06 bits per heavy atom. The summed E-state index contributed by atoms with van der Waals surface area (Å²) in [6.45, 7) is 12.4. The lowest BCUT2D eigenvalue weighted by molar-refractivity contribution is -0.143. The van der Waals surface area contributed by atoms with Gasteiger partial charge in [0.2, 0.25) is 5.91 Å². The molecule has 0 spiro atoms. The van der Waals surface area contributed by atoms with Crippen molar-refractivity contribution in [3.8, 4) is 5.75 Å². The fraction of sp³-hybridized carbons (Fsp3) is 0.481. The van der Waals surface area contributed by atoms with Crippen LogP contribution in [0.3, 0.4) is 0 Å². The summed E-state index contributed by atoms with van der Waals surface area (Å²) >= 11 is 3.55. The SMILES string of the molecule is CC[C@H](C)NC(=O)[C@H](CC)N(Cc1ccccc1C)C(=O)COc1ccc(C(C)C)cc1Br. The first kappa shape index (κ1) is 26.9. The summed E-state index contributed by atoms with van der Waals surface area (Å²) in [5.74, 6) is 0.664. The summed E-state index contributed by atoms with van der Waals surface area (Å²) in [6.07, 6.45) is 1.35. The van der Waals surface area contributed by atoms with Crippen molar-refractivity contribution in [1.82, 2.24) is 10.2 Å². The second-order valence-corrected chi connectivity index (χ2v) is 9.68. The van der Waals surface area contributed by atoms with Crippen LogP contribution in [0.4, 0.5) is 0 Å². The van der Waals surface area contributed by atoms with Gasteiger partial charge in [0.1, 0.15) is 11.8 Å². The van der Waals surface area contributed by atoms with Crippen LogP contribution in [0.5, 0.6) is 5.75 Å². The monoisotopic (exact) mass is 516 g/mol. The zero-order chi connectivity index (χ0) is 24.5. The third-order valence-electron chi connectivity index (χ3n) is 5.96. The molecule has 2 aromatic rings. The van der Waals surface area contributed by atoms with Crippen molar-refractivity contribution in [3.63, 3.8) is 0 Å². The molecule has 0 unspecified atom stereocenters. The maximum atomic E-state index is 13.4. The maximum absolute atomic E-state index is 13.4. The van der Waals surface area contributed by atoms with Crippen molar-refractivity contribution in [3.05, 3.63) is 63.6 Å². The standard InChI is InChI=1S/C27H37BrN2O3/c1-7-20(6)29-27(32)24(8-2)30(16-22-12-10-9-11-19(22)5)26(31)17-33-25-14-13-21(18(3)4)15-23(25)28/h9-15,18,20,24H,7-8,16-17H2,1-6H3,(H,29,32)/t20-,24-/m0/s1. The molecule has 33 heavy (non-hydrogen) atoms. The van der Waals surface area contributed by atoms with Crippen LogP contribution < -0.4 is 10.1 Å². The molecule has 0 aliphatic carbocycles. The zero-order valence-electron chi connectivity index (χ0n) is 20.7. The molecule has 2 rings (SSSR count). The predicted molar refractivity (Wildman–Crippen MR) is 137 cm³/mol. The lowest BCUT2D eigenvalue weighted by atomic mass is 10.0. The van der Waals surface area contributed by atoms with E-state index in [1.165, 1.54) is 5.56 Å². The summed E-state index contributed by atoms with van der Waals surface area (Å²) in [6, 6.07) is 13.3. The number of hydrogen-bond donors (Lipinski definition) is 1. The molecule has 1 N–H and O–H groups in total. The Morgan fingerprint density at radius 3 is 2.33 bits per heavy atom. The van der Waals surface area contributed by atoms with Crippen LogP contribution in [0.1, 0.15) is 70.1 Å². The Balaban J connectivity index is 2.25. The van der Waals surface area contributed by atoms with Crippen molar-refractivity contribution >= 4 is 27.7 Å². The van der Waals surface area contributed by atoms with E-state index < -0.39 is 6.04 Å². The number of hydrogen-bond acceptors (Lipinski definition) is 3. The highest BCUT2D eigenvalue weighted by Crippen LogP contribution is 2.29. The quantitative estimate of drug-likeness (QED) is 0.399. The number of benzene rings is 2. The Bertz CT molecular complexity index is 945. The number of rotatable bonds is 11. The Morgan fingerprint density at radius 2 is 1.76 bits per heavy atom. The average molecular weight is 518 g/mol. The lowest BCUT2D eigenvalue weighted by Crippen LogP contribution is -2.51. The van der Waals surface area contributed by atoms with Crippen LogP contribution in [0.2, 0.25) is 0 Å². The maximum Gasteiger partial charge on any atom is 0.261 e. The van der Waals surface area contributed by atoms with Crippen LogP contribution >= 0.6 is 15.9 Å². The zero-order valence-corrected chi connectivity index (χ0v) is 22.2. The summed E-state index contributed by atoms with van der Waals surface area (Å²) in [5.41, 5.74) is 3.29. The summed E-state index contributed by atoms with van der Waals surface area (Å²) in [4.78, 5) is 28.1. The lowest BCUT2D eigenvalue weighted by Gasteiger charge is -2.31. The molecule has 0 aliphatic rings. The van der Waals surface area contributed by atoms with Gasteiger partial charge in [0.25, 0.3) is 5.91 Å². The molecule has 0 radical (unpaired) electrons. The molecule has 0 fully saturated rings. The van der Waals surface area contributed by atoms with Gasteiger partial charge < -0.3 is 15.0 Å². The first-order chi connectivity index (χ1) is 15.7. The van der Waals surface area contributed by atoms with E-state index in [4.69, 9.17) is 4.74 Å². The topological polar surface area (TPSA) is 58.6 Å². The number of halogens is 1. The van der Waals surface area contributed by atoms with Gasteiger partial charge >= 0.3 is 0 Å². The van der Waals surface area contributed by atoms with Crippen LogP contribution in [0.25, 0.3) is 0 Å². The van der Waals surface area contributed by atoms with E-state index in [1.54, 1.807) is 4.90 Å². The fourth-order valence-corrected chi connectivity index (χ4v) is 4.06. The van der Waals surface area contributed by atoms with Gasteiger partial charge in [-0.25, -0.2) is 0 Å². The van der Waals surface area contributed by atoms with Crippen LogP contribution in [-0.4, -0.2) is 35.4 Å². The van der Waals surface area contributed by atoms with E-state index in [0.29, 0.717) is 24.6 Å². The summed E-state index contributed by atoms with van der Waals surface area (Å²) in [7, 11) is 0. The largest absolute Gasteiger partial charge is 0.483 e. The van der Waals surface area contributed by atoms with E-state index in [9.17, 15) is 9.59 Å². The van der Waals surface area contributed by atoms with E-state index in [-0.39, 0.29) is 24.5 Å². The second-order valence-electron chi connectivity index (χ2n) is 8.82. The van der Waals surface area contributed by atoms with Crippen LogP contribution in [-0.2, 0) is 16.1 Å². The van der Waals surface area contributed by atoms with Gasteiger partial charge in [-0.15, -0.1) is 0 Å². The third kappa shape index (κ3) is 7.60. The number of nitrogens with one attached hydrogen (secondary N) is 1.